The van der Waals surface area contributed by atoms with Gasteiger partial charge >= 0.3 is 0 Å². The second kappa shape index (κ2) is 10.2. The van der Waals surface area contributed by atoms with Crippen LogP contribution in [0.2, 0.25) is 0 Å². The van der Waals surface area contributed by atoms with Crippen molar-refractivity contribution in [3.05, 3.63) is 70.9 Å². The molecule has 2 amide bonds. The van der Waals surface area contributed by atoms with E-state index in [2.05, 4.69) is 15.4 Å². The summed E-state index contributed by atoms with van der Waals surface area (Å²) >= 11 is 0. The largest absolute Gasteiger partial charge is 0.342 e. The van der Waals surface area contributed by atoms with E-state index in [9.17, 15) is 18.4 Å². The Balaban J connectivity index is 1.75. The molecule has 0 aliphatic carbocycles. The van der Waals surface area contributed by atoms with Crippen LogP contribution in [-0.4, -0.2) is 50.2 Å². The van der Waals surface area contributed by atoms with Crippen LogP contribution in [0.4, 0.5) is 8.78 Å². The molecule has 1 N–H and O–H groups in total. The number of likely N-dealkylation sites (tertiary alicyclic amines) is 1. The van der Waals surface area contributed by atoms with Gasteiger partial charge in [0.25, 0.3) is 0 Å². The highest BCUT2D eigenvalue weighted by molar-refractivity contribution is 5.88. The molecule has 1 aliphatic rings. The summed E-state index contributed by atoms with van der Waals surface area (Å²) in [6.07, 6.45) is -1.36. The summed E-state index contributed by atoms with van der Waals surface area (Å²) in [5.74, 6) is -1.53. The maximum absolute atomic E-state index is 14.9. The van der Waals surface area contributed by atoms with Crippen LogP contribution >= 0.6 is 0 Å². The molecular formula is C27H31F2N5O2. The zero-order valence-electron chi connectivity index (χ0n) is 21.1. The summed E-state index contributed by atoms with van der Waals surface area (Å²) in [6.45, 7) is 6.85. The number of amides is 2. The van der Waals surface area contributed by atoms with Crippen molar-refractivity contribution in [1.29, 1.82) is 0 Å². The van der Waals surface area contributed by atoms with Gasteiger partial charge in [-0.15, -0.1) is 0 Å². The molecule has 1 saturated heterocycles. The van der Waals surface area contributed by atoms with Crippen molar-refractivity contribution >= 4 is 11.8 Å². The van der Waals surface area contributed by atoms with Crippen molar-refractivity contribution in [3.63, 3.8) is 0 Å². The molecule has 36 heavy (non-hydrogen) atoms. The predicted molar refractivity (Wildman–Crippen MR) is 132 cm³/mol. The molecule has 3 atom stereocenters. The molecule has 3 unspecified atom stereocenters. The fourth-order valence-corrected chi connectivity index (χ4v) is 4.76. The quantitative estimate of drug-likeness (QED) is 0.520. The first-order valence-electron chi connectivity index (χ1n) is 12.0. The first-order valence-corrected chi connectivity index (χ1v) is 12.0. The molecule has 0 bridgehead atoms. The number of carbonyl (C=O) groups excluding carboxylic acids is 2. The van der Waals surface area contributed by atoms with Gasteiger partial charge < -0.3 is 10.2 Å². The van der Waals surface area contributed by atoms with Crippen molar-refractivity contribution < 1.29 is 18.4 Å². The highest BCUT2D eigenvalue weighted by Crippen LogP contribution is 2.29. The number of alkyl halides is 1. The van der Waals surface area contributed by atoms with E-state index in [1.165, 1.54) is 11.8 Å². The van der Waals surface area contributed by atoms with E-state index in [1.807, 2.05) is 58.2 Å². The van der Waals surface area contributed by atoms with E-state index in [0.29, 0.717) is 16.8 Å². The fraction of sp³-hybridized carbons (Fsp3) is 0.407. The van der Waals surface area contributed by atoms with Crippen molar-refractivity contribution in [2.75, 3.05) is 6.54 Å². The number of pyridine rings is 1. The van der Waals surface area contributed by atoms with Crippen LogP contribution in [-0.2, 0) is 16.6 Å². The van der Waals surface area contributed by atoms with E-state index in [0.717, 1.165) is 17.0 Å². The molecular weight excluding hydrogens is 464 g/mol. The van der Waals surface area contributed by atoms with Crippen molar-refractivity contribution in [2.24, 2.45) is 7.05 Å². The van der Waals surface area contributed by atoms with Gasteiger partial charge in [0.05, 0.1) is 29.7 Å². The molecule has 0 spiro atoms. The summed E-state index contributed by atoms with van der Waals surface area (Å²) in [6, 6.07) is 11.1. The number of hydrogen-bond acceptors (Lipinski definition) is 4. The van der Waals surface area contributed by atoms with Crippen LogP contribution in [0.1, 0.15) is 61.7 Å². The minimum atomic E-state index is -1.28. The highest BCUT2D eigenvalue weighted by Gasteiger charge is 2.39. The Hall–Kier alpha value is -3.62. The number of rotatable bonds is 6. The summed E-state index contributed by atoms with van der Waals surface area (Å²) in [5.41, 5.74) is 4.07. The Labute approximate surface area is 209 Å². The van der Waals surface area contributed by atoms with E-state index < -0.39 is 30.1 Å². The van der Waals surface area contributed by atoms with E-state index in [-0.39, 0.29) is 24.8 Å². The lowest BCUT2D eigenvalue weighted by atomic mass is 9.97. The average molecular weight is 496 g/mol. The maximum Gasteiger partial charge on any atom is 0.243 e. The third kappa shape index (κ3) is 5.15. The predicted octanol–water partition coefficient (Wildman–Crippen LogP) is 4.22. The normalized spacial score (nSPS) is 18.5. The van der Waals surface area contributed by atoms with Crippen LogP contribution in [0.3, 0.4) is 0 Å². The number of benzene rings is 1. The second-order valence-corrected chi connectivity index (χ2v) is 9.65. The molecule has 4 rings (SSSR count). The van der Waals surface area contributed by atoms with Gasteiger partial charge in [0.1, 0.15) is 12.2 Å². The van der Waals surface area contributed by atoms with Gasteiger partial charge in [0.15, 0.2) is 0 Å². The minimum Gasteiger partial charge on any atom is -0.342 e. The molecule has 1 aromatic carbocycles. The monoisotopic (exact) mass is 495 g/mol. The lowest BCUT2D eigenvalue weighted by molar-refractivity contribution is -0.137. The zero-order chi connectivity index (χ0) is 26.1. The van der Waals surface area contributed by atoms with Crippen LogP contribution in [0, 0.1) is 12.9 Å². The Morgan fingerprint density at radius 3 is 2.53 bits per heavy atom. The van der Waals surface area contributed by atoms with Crippen molar-refractivity contribution in [1.82, 2.24) is 25.0 Å². The number of nitrogens with one attached hydrogen (secondary N) is 1. The smallest absolute Gasteiger partial charge is 0.243 e. The molecule has 190 valence electrons. The Bertz CT molecular complexity index is 1290. The highest BCUT2D eigenvalue weighted by atomic mass is 19.1. The molecule has 3 aromatic rings. The standard InChI is InChI=1S/C27H31F2N5O2/c1-15(2)21-9-10-22(30-26(21)29)25(31-27(36)24-13-20(28)14-34(24)17(4)35)19-8-6-7-18(12-19)23-11-16(3)32-33(23)5/h6-12,15,20,24-25H,13-14H2,1-5H3,(H,31,36). The van der Waals surface area contributed by atoms with Gasteiger partial charge in [-0.3, -0.25) is 14.3 Å². The summed E-state index contributed by atoms with van der Waals surface area (Å²) < 4.78 is 30.8. The average Bonchev–Trinajstić information content (AvgIpc) is 3.38. The zero-order valence-corrected chi connectivity index (χ0v) is 21.1. The third-order valence-electron chi connectivity index (χ3n) is 6.58. The summed E-state index contributed by atoms with van der Waals surface area (Å²) in [4.78, 5) is 30.8. The molecule has 7 nitrogen and oxygen atoms in total. The first-order chi connectivity index (χ1) is 17.0. The fourth-order valence-electron chi connectivity index (χ4n) is 4.76. The second-order valence-electron chi connectivity index (χ2n) is 9.65. The van der Waals surface area contributed by atoms with Gasteiger partial charge in [0.2, 0.25) is 17.8 Å². The van der Waals surface area contributed by atoms with E-state index in [1.54, 1.807) is 16.8 Å². The topological polar surface area (TPSA) is 80.1 Å². The van der Waals surface area contributed by atoms with Crippen LogP contribution in [0.5, 0.6) is 0 Å². The minimum absolute atomic E-state index is 0.0555. The van der Waals surface area contributed by atoms with E-state index >= 15 is 0 Å². The number of carbonyl (C=O) groups is 2. The summed E-state index contributed by atoms with van der Waals surface area (Å²) in [5, 5.41) is 7.32. The van der Waals surface area contributed by atoms with Gasteiger partial charge in [-0.25, -0.2) is 9.37 Å². The molecule has 2 aromatic heterocycles. The third-order valence-corrected chi connectivity index (χ3v) is 6.58. The maximum atomic E-state index is 14.9. The number of hydrogen-bond donors (Lipinski definition) is 1. The lowest BCUT2D eigenvalue weighted by Crippen LogP contribution is -2.46. The summed E-state index contributed by atoms with van der Waals surface area (Å²) in [7, 11) is 1.85. The van der Waals surface area contributed by atoms with Crippen LogP contribution < -0.4 is 5.32 Å². The van der Waals surface area contributed by atoms with Crippen LogP contribution in [0.15, 0.2) is 42.5 Å². The molecule has 1 aliphatic heterocycles. The molecule has 0 radical (unpaired) electrons. The van der Waals surface area contributed by atoms with Gasteiger partial charge in [-0.05, 0) is 36.6 Å². The lowest BCUT2D eigenvalue weighted by Gasteiger charge is -2.26. The molecule has 3 heterocycles. The molecule has 1 fully saturated rings. The van der Waals surface area contributed by atoms with Crippen molar-refractivity contribution in [3.8, 4) is 11.3 Å². The Kier molecular flexibility index (Phi) is 7.19. The van der Waals surface area contributed by atoms with Gasteiger partial charge in [-0.1, -0.05) is 38.1 Å². The SMILES string of the molecule is CC(=O)N1CC(F)CC1C(=O)NC(c1cccc(-c2cc(C)nn2C)c1)c1ccc(C(C)C)c(F)n1. The van der Waals surface area contributed by atoms with Crippen molar-refractivity contribution in [2.45, 2.75) is 58.3 Å². The Morgan fingerprint density at radius 2 is 1.92 bits per heavy atom. The van der Waals surface area contributed by atoms with Crippen LogP contribution in [0.25, 0.3) is 11.3 Å². The van der Waals surface area contributed by atoms with Gasteiger partial charge in [-0.2, -0.15) is 9.49 Å². The van der Waals surface area contributed by atoms with Gasteiger partial charge in [0, 0.05) is 31.5 Å². The first kappa shape index (κ1) is 25.5. The molecule has 0 saturated carbocycles. The number of nitrogens with zero attached hydrogens (tertiary/aromatic N) is 4. The van der Waals surface area contributed by atoms with E-state index in [4.69, 9.17) is 0 Å². The number of aromatic nitrogens is 3. The Morgan fingerprint density at radius 1 is 1.17 bits per heavy atom. The molecule has 9 heteroatoms. The number of aryl methyl sites for hydroxylation is 2. The number of halogens is 2.